The van der Waals surface area contributed by atoms with E-state index in [1.165, 1.54) is 143 Å². The van der Waals surface area contributed by atoms with E-state index in [-0.39, 0.29) is 0 Å². The Morgan fingerprint density at radius 3 is 0.899 bits per heavy atom. The quantitative estimate of drug-likeness (QED) is 0.0804. The number of hydrogen-bond donors (Lipinski definition) is 0. The van der Waals surface area contributed by atoms with E-state index in [1.54, 1.807) is 0 Å². The van der Waals surface area contributed by atoms with Crippen LogP contribution in [0, 0.1) is 0 Å². The summed E-state index contributed by atoms with van der Waals surface area (Å²) < 4.78 is 9.65. The van der Waals surface area contributed by atoms with Crippen LogP contribution in [-0.2, 0) is 10.8 Å². The van der Waals surface area contributed by atoms with Gasteiger partial charge in [0.25, 0.3) is 0 Å². The predicted molar refractivity (Wildman–Crippen MR) is 580 cm³/mol. The standard InChI is InChI=1S/C134H88N2OS/c1-6-27-89(28-7-1)94-49-53-100(54-50-94)113-39-18-23-46-127(113)135(111-74-79-117-115-41-16-21-44-123(115)133(125(117)87-111,105-66-57-96(58-67-105)91-31-10-3-11-32-91)106-68-59-97(60-69-106)92-33-12-4-13-34-92)109-76-81-129-121(85-109)119-78-65-104(84-130(119)137-129)103-38-26-37-102(83-103)99-63-72-108(73-64-99)134(107-70-61-98(62-71-107)93-35-14-5-15-36-93)124-45-22-17-42-116(124)118-80-75-112(88-126(118)134)136(110-77-82-132-122(86-110)120-43-20-25-48-131(120)138-132)128-47-24-19-40-114(128)101-55-51-95(52-56-101)90-29-8-2-9-30-90/h1-88H. The fraction of sp³-hybridized carbons (Fsp3) is 0.0149. The minimum absolute atomic E-state index is 0.725. The SMILES string of the molecule is c1ccc(-c2ccc(-c3ccccc3N(c3ccc4c(c3)C(c3ccc(-c5ccccc5)cc3)(c3ccc(-c5ccccc5)cc3)c3ccccc3-4)c3ccc4oc5cc(-c6cccc(-c7ccc(C8(c9ccc(-c%10ccccc%10)cc9)c9ccccc9-c9ccc(N(c%10ccc%11sc%12ccccc%12c%11c%10)c%10ccccc%10-c%10ccc(-c%11ccccc%11)cc%10)cc98)cc7)c6)ccc5c4c3)cc2)cc1. The Bertz CT molecular complexity index is 8670. The molecule has 2 aromatic heterocycles. The first-order valence-corrected chi connectivity index (χ1v) is 48.4. The Hall–Kier alpha value is -17.5. The largest absolute Gasteiger partial charge is 0.456 e. The molecule has 26 rings (SSSR count). The van der Waals surface area contributed by atoms with Gasteiger partial charge in [-0.3, -0.25) is 0 Å². The van der Waals surface area contributed by atoms with Crippen LogP contribution in [0.4, 0.5) is 34.1 Å². The molecule has 2 aliphatic carbocycles. The molecule has 2 aliphatic rings. The molecule has 22 aromatic carbocycles. The van der Waals surface area contributed by atoms with Crippen molar-refractivity contribution in [2.45, 2.75) is 10.8 Å². The highest BCUT2D eigenvalue weighted by atomic mass is 32.1. The first kappa shape index (κ1) is 81.2. The highest BCUT2D eigenvalue weighted by molar-refractivity contribution is 7.25. The fourth-order valence-electron chi connectivity index (χ4n) is 22.4. The molecule has 0 aliphatic heterocycles. The van der Waals surface area contributed by atoms with E-state index in [2.05, 4.69) is 544 Å². The molecular formula is C134H88N2OS. The molecule has 4 heteroatoms. The summed E-state index contributed by atoms with van der Waals surface area (Å²) in [6, 6.07) is 198. The van der Waals surface area contributed by atoms with Gasteiger partial charge in [0.15, 0.2) is 0 Å². The molecule has 0 bridgehead atoms. The normalized spacial score (nSPS) is 13.3. The molecule has 24 aromatic rings. The summed E-state index contributed by atoms with van der Waals surface area (Å²) in [6.07, 6.45) is 0. The maximum absolute atomic E-state index is 7.11. The van der Waals surface area contributed by atoms with Crippen LogP contribution in [0.2, 0.25) is 0 Å². The van der Waals surface area contributed by atoms with E-state index < -0.39 is 10.8 Å². The molecule has 138 heavy (non-hydrogen) atoms. The second kappa shape index (κ2) is 33.9. The van der Waals surface area contributed by atoms with Crippen LogP contribution in [0.25, 0.3) is 165 Å². The summed E-state index contributed by atoms with van der Waals surface area (Å²) in [7, 11) is 0. The van der Waals surface area contributed by atoms with Crippen molar-refractivity contribution in [1.29, 1.82) is 0 Å². The van der Waals surface area contributed by atoms with E-state index in [4.69, 9.17) is 4.42 Å². The van der Waals surface area contributed by atoms with Crippen LogP contribution in [0.3, 0.4) is 0 Å². The lowest BCUT2D eigenvalue weighted by molar-refractivity contribution is 0.669. The first-order valence-electron chi connectivity index (χ1n) is 47.5. The van der Waals surface area contributed by atoms with Crippen molar-refractivity contribution < 1.29 is 4.42 Å². The van der Waals surface area contributed by atoms with Gasteiger partial charge in [-0.2, -0.15) is 0 Å². The van der Waals surface area contributed by atoms with Crippen molar-refractivity contribution in [3.8, 4) is 122 Å². The smallest absolute Gasteiger partial charge is 0.136 e. The van der Waals surface area contributed by atoms with E-state index in [9.17, 15) is 0 Å². The molecule has 0 radical (unpaired) electrons. The van der Waals surface area contributed by atoms with E-state index in [0.717, 1.165) is 101 Å². The summed E-state index contributed by atoms with van der Waals surface area (Å²) in [4.78, 5) is 5.00. The molecule has 0 saturated carbocycles. The van der Waals surface area contributed by atoms with E-state index in [1.807, 2.05) is 11.3 Å². The first-order chi connectivity index (χ1) is 68.4. The van der Waals surface area contributed by atoms with Crippen LogP contribution >= 0.6 is 11.3 Å². The molecule has 0 fully saturated rings. The Balaban J connectivity index is 0.587. The summed E-state index contributed by atoms with van der Waals surface area (Å²) in [5.74, 6) is 0. The van der Waals surface area contributed by atoms with Crippen molar-refractivity contribution in [1.82, 2.24) is 0 Å². The molecule has 1 unspecified atom stereocenters. The van der Waals surface area contributed by atoms with E-state index in [0.29, 0.717) is 0 Å². The topological polar surface area (TPSA) is 19.6 Å². The van der Waals surface area contributed by atoms with Crippen molar-refractivity contribution in [3.63, 3.8) is 0 Å². The third-order valence-electron chi connectivity index (χ3n) is 28.9. The zero-order valence-electron chi connectivity index (χ0n) is 75.5. The molecule has 0 N–H and O–H groups in total. The summed E-state index contributed by atoms with van der Waals surface area (Å²) >= 11 is 1.85. The Morgan fingerprint density at radius 1 is 0.159 bits per heavy atom. The van der Waals surface area contributed by atoms with Gasteiger partial charge in [0.1, 0.15) is 11.2 Å². The molecule has 0 spiro atoms. The molecule has 0 amide bonds. The van der Waals surface area contributed by atoms with Crippen LogP contribution in [0.5, 0.6) is 0 Å². The zero-order chi connectivity index (χ0) is 91.2. The van der Waals surface area contributed by atoms with Gasteiger partial charge >= 0.3 is 0 Å². The van der Waals surface area contributed by atoms with Gasteiger partial charge < -0.3 is 14.2 Å². The average molecular weight is 1770 g/mol. The number of para-hydroxylation sites is 2. The molecular weight excluding hydrogens is 1690 g/mol. The molecule has 3 nitrogen and oxygen atoms in total. The molecule has 2 heterocycles. The van der Waals surface area contributed by atoms with Gasteiger partial charge in [-0.15, -0.1) is 11.3 Å². The van der Waals surface area contributed by atoms with Crippen LogP contribution in [-0.4, -0.2) is 0 Å². The monoisotopic (exact) mass is 1770 g/mol. The third kappa shape index (κ3) is 13.8. The highest BCUT2D eigenvalue weighted by Gasteiger charge is 2.49. The van der Waals surface area contributed by atoms with Gasteiger partial charge in [-0.05, 0) is 253 Å². The van der Waals surface area contributed by atoms with Gasteiger partial charge in [0.2, 0.25) is 0 Å². The number of furan rings is 1. The maximum Gasteiger partial charge on any atom is 0.136 e. The molecule has 0 saturated heterocycles. The molecule has 1 atom stereocenters. The third-order valence-corrected chi connectivity index (χ3v) is 30.1. The maximum atomic E-state index is 7.11. The number of fused-ring (bicyclic) bond motifs is 12. The van der Waals surface area contributed by atoms with E-state index >= 15 is 0 Å². The summed E-state index contributed by atoms with van der Waals surface area (Å²) in [5.41, 5.74) is 41.7. The number of nitrogens with zero attached hydrogens (tertiary/aromatic N) is 2. The number of anilines is 6. The number of thiophene rings is 1. The Labute approximate surface area is 807 Å². The Morgan fingerprint density at radius 2 is 0.457 bits per heavy atom. The minimum Gasteiger partial charge on any atom is -0.456 e. The minimum atomic E-state index is -0.763. The molecule has 646 valence electrons. The van der Waals surface area contributed by atoms with Crippen LogP contribution in [0.15, 0.2) is 538 Å². The summed E-state index contributed by atoms with van der Waals surface area (Å²) in [6.45, 7) is 0. The van der Waals surface area contributed by atoms with Crippen molar-refractivity contribution in [2.75, 3.05) is 9.80 Å². The Kier molecular flexibility index (Phi) is 19.9. The fourth-order valence-corrected chi connectivity index (χ4v) is 23.5. The van der Waals surface area contributed by atoms with Crippen molar-refractivity contribution >= 4 is 87.6 Å². The van der Waals surface area contributed by atoms with Gasteiger partial charge in [0, 0.05) is 64.8 Å². The predicted octanol–water partition coefficient (Wildman–Crippen LogP) is 36.6. The number of hydrogen-bond acceptors (Lipinski definition) is 4. The highest BCUT2D eigenvalue weighted by Crippen LogP contribution is 2.61. The summed E-state index contributed by atoms with van der Waals surface area (Å²) in [5, 5.41) is 4.57. The number of benzene rings is 22. The van der Waals surface area contributed by atoms with Gasteiger partial charge in [-0.1, -0.05) is 437 Å². The van der Waals surface area contributed by atoms with Crippen LogP contribution in [0.1, 0.15) is 44.5 Å². The second-order valence-electron chi connectivity index (χ2n) is 36.4. The van der Waals surface area contributed by atoms with Gasteiger partial charge in [-0.25, -0.2) is 0 Å². The lowest BCUT2D eigenvalue weighted by atomic mass is 9.67. The van der Waals surface area contributed by atoms with Crippen molar-refractivity contribution in [3.05, 3.63) is 578 Å². The van der Waals surface area contributed by atoms with Crippen LogP contribution < -0.4 is 9.80 Å². The van der Waals surface area contributed by atoms with Gasteiger partial charge in [0.05, 0.1) is 22.2 Å². The lowest BCUT2D eigenvalue weighted by Gasteiger charge is -2.35. The second-order valence-corrected chi connectivity index (χ2v) is 37.5. The number of rotatable bonds is 19. The average Bonchev–Trinajstić information content (AvgIpc) is 1.53. The van der Waals surface area contributed by atoms with Crippen molar-refractivity contribution in [2.24, 2.45) is 0 Å². The lowest BCUT2D eigenvalue weighted by Crippen LogP contribution is -2.29. The zero-order valence-corrected chi connectivity index (χ0v) is 76.3.